The topological polar surface area (TPSA) is 52.6 Å². The van der Waals surface area contributed by atoms with Crippen LogP contribution in [-0.4, -0.2) is 59.9 Å². The fraction of sp³-hybridized carbons (Fsp3) is 0.875. The smallest absolute Gasteiger partial charge is 0.248 e. The maximum Gasteiger partial charge on any atom is 0.248 e. The van der Waals surface area contributed by atoms with E-state index in [-0.39, 0.29) is 18.4 Å². The third kappa shape index (κ3) is 2.93. The van der Waals surface area contributed by atoms with Gasteiger partial charge in [0.15, 0.2) is 0 Å². The van der Waals surface area contributed by atoms with Gasteiger partial charge >= 0.3 is 0 Å². The van der Waals surface area contributed by atoms with Crippen LogP contribution >= 0.6 is 0 Å². The maximum atomic E-state index is 12.8. The standard InChI is InChI=1S/C16H27N3O2/c1-3-18-8-6-12(7-9-18)10-19-11-14(20)17-16(2,15(19)21)13-4-5-13/h12-13H,3-11H2,1-2H3,(H,17,20). The summed E-state index contributed by atoms with van der Waals surface area (Å²) >= 11 is 0. The van der Waals surface area contributed by atoms with Gasteiger partial charge in [0.1, 0.15) is 5.54 Å². The lowest BCUT2D eigenvalue weighted by Gasteiger charge is -2.42. The average molecular weight is 293 g/mol. The summed E-state index contributed by atoms with van der Waals surface area (Å²) in [4.78, 5) is 29.0. The lowest BCUT2D eigenvalue weighted by atomic mass is 9.89. The van der Waals surface area contributed by atoms with Gasteiger partial charge in [-0.1, -0.05) is 6.92 Å². The first-order valence-electron chi connectivity index (χ1n) is 8.35. The number of nitrogens with one attached hydrogen (secondary N) is 1. The summed E-state index contributed by atoms with van der Waals surface area (Å²) in [6, 6.07) is 0. The van der Waals surface area contributed by atoms with Gasteiger partial charge in [-0.2, -0.15) is 0 Å². The van der Waals surface area contributed by atoms with Gasteiger partial charge in [-0.3, -0.25) is 9.59 Å². The van der Waals surface area contributed by atoms with Crippen molar-refractivity contribution in [2.75, 3.05) is 32.7 Å². The van der Waals surface area contributed by atoms with E-state index >= 15 is 0 Å². The van der Waals surface area contributed by atoms with Crippen LogP contribution in [-0.2, 0) is 9.59 Å². The van der Waals surface area contributed by atoms with Crippen molar-refractivity contribution >= 4 is 11.8 Å². The van der Waals surface area contributed by atoms with Gasteiger partial charge in [0.05, 0.1) is 6.54 Å². The van der Waals surface area contributed by atoms with Crippen LogP contribution in [0.1, 0.15) is 39.5 Å². The Balaban J connectivity index is 1.62. The first-order valence-corrected chi connectivity index (χ1v) is 8.35. The van der Waals surface area contributed by atoms with Crippen LogP contribution in [0.25, 0.3) is 0 Å². The molecule has 5 heteroatoms. The van der Waals surface area contributed by atoms with Gasteiger partial charge in [0, 0.05) is 6.54 Å². The highest BCUT2D eigenvalue weighted by molar-refractivity contribution is 5.98. The summed E-state index contributed by atoms with van der Waals surface area (Å²) in [6.45, 7) is 8.46. The van der Waals surface area contributed by atoms with Crippen molar-refractivity contribution in [3.8, 4) is 0 Å². The molecular formula is C16H27N3O2. The SMILES string of the molecule is CCN1CCC(CN2CC(=O)NC(C)(C3CC3)C2=O)CC1. The second-order valence-corrected chi connectivity index (χ2v) is 7.09. The average Bonchev–Trinajstić information content (AvgIpc) is 3.30. The van der Waals surface area contributed by atoms with E-state index in [1.807, 2.05) is 11.8 Å². The molecule has 1 aliphatic carbocycles. The van der Waals surface area contributed by atoms with Gasteiger partial charge in [-0.25, -0.2) is 0 Å². The molecule has 2 saturated heterocycles. The van der Waals surface area contributed by atoms with Crippen LogP contribution in [0.15, 0.2) is 0 Å². The fourth-order valence-corrected chi connectivity index (χ4v) is 3.84. The normalized spacial score (nSPS) is 32.4. The van der Waals surface area contributed by atoms with Crippen molar-refractivity contribution in [1.29, 1.82) is 0 Å². The number of amides is 2. The number of rotatable bonds is 4. The number of carbonyl (C=O) groups excluding carboxylic acids is 2. The number of nitrogens with zero attached hydrogens (tertiary/aromatic N) is 2. The molecule has 21 heavy (non-hydrogen) atoms. The van der Waals surface area contributed by atoms with Crippen molar-refractivity contribution in [2.45, 2.75) is 45.1 Å². The molecule has 1 unspecified atom stereocenters. The predicted molar refractivity (Wildman–Crippen MR) is 80.7 cm³/mol. The zero-order chi connectivity index (χ0) is 15.0. The van der Waals surface area contributed by atoms with Gasteiger partial charge in [0.25, 0.3) is 0 Å². The molecule has 1 atom stereocenters. The Labute approximate surface area is 127 Å². The summed E-state index contributed by atoms with van der Waals surface area (Å²) in [7, 11) is 0. The van der Waals surface area contributed by atoms with Crippen molar-refractivity contribution in [2.24, 2.45) is 11.8 Å². The quantitative estimate of drug-likeness (QED) is 0.836. The first kappa shape index (κ1) is 14.8. The van der Waals surface area contributed by atoms with Crippen LogP contribution in [0.5, 0.6) is 0 Å². The molecule has 0 spiro atoms. The van der Waals surface area contributed by atoms with Crippen LogP contribution in [0.4, 0.5) is 0 Å². The van der Waals surface area contributed by atoms with Gasteiger partial charge in [-0.05, 0) is 64.1 Å². The van der Waals surface area contributed by atoms with E-state index in [1.165, 1.54) is 0 Å². The molecule has 0 aromatic heterocycles. The molecule has 118 valence electrons. The van der Waals surface area contributed by atoms with E-state index in [1.54, 1.807) is 0 Å². The summed E-state index contributed by atoms with van der Waals surface area (Å²) in [5.74, 6) is 1.04. The summed E-state index contributed by atoms with van der Waals surface area (Å²) in [5.41, 5.74) is -0.639. The van der Waals surface area contributed by atoms with Crippen molar-refractivity contribution < 1.29 is 9.59 Å². The van der Waals surface area contributed by atoms with Crippen LogP contribution in [0.3, 0.4) is 0 Å². The zero-order valence-electron chi connectivity index (χ0n) is 13.2. The fourth-order valence-electron chi connectivity index (χ4n) is 3.84. The Bertz CT molecular complexity index is 427. The minimum absolute atomic E-state index is 0.00925. The number of hydrogen-bond acceptors (Lipinski definition) is 3. The molecule has 0 bridgehead atoms. The molecule has 0 aromatic carbocycles. The highest BCUT2D eigenvalue weighted by atomic mass is 16.2. The number of hydrogen-bond donors (Lipinski definition) is 1. The minimum atomic E-state index is -0.639. The third-order valence-corrected chi connectivity index (χ3v) is 5.49. The number of piperazine rings is 1. The molecule has 1 saturated carbocycles. The Kier molecular flexibility index (Phi) is 3.95. The zero-order valence-corrected chi connectivity index (χ0v) is 13.2. The summed E-state index contributed by atoms with van der Waals surface area (Å²) in [6.07, 6.45) is 4.40. The molecular weight excluding hydrogens is 266 g/mol. The monoisotopic (exact) mass is 293 g/mol. The number of likely N-dealkylation sites (tertiary alicyclic amines) is 1. The molecule has 3 aliphatic rings. The Morgan fingerprint density at radius 3 is 2.43 bits per heavy atom. The van der Waals surface area contributed by atoms with E-state index in [9.17, 15) is 9.59 Å². The molecule has 2 amide bonds. The lowest BCUT2D eigenvalue weighted by Crippen LogP contribution is -2.67. The number of carbonyl (C=O) groups is 2. The largest absolute Gasteiger partial charge is 0.340 e. The van der Waals surface area contributed by atoms with Crippen LogP contribution in [0, 0.1) is 11.8 Å². The molecule has 2 heterocycles. The molecule has 0 radical (unpaired) electrons. The lowest BCUT2D eigenvalue weighted by molar-refractivity contribution is -0.151. The van der Waals surface area contributed by atoms with Crippen LogP contribution < -0.4 is 5.32 Å². The molecule has 0 aromatic rings. The first-order chi connectivity index (χ1) is 10.0. The van der Waals surface area contributed by atoms with E-state index in [2.05, 4.69) is 17.1 Å². The van der Waals surface area contributed by atoms with E-state index < -0.39 is 5.54 Å². The van der Waals surface area contributed by atoms with Crippen molar-refractivity contribution in [1.82, 2.24) is 15.1 Å². The van der Waals surface area contributed by atoms with Gasteiger partial charge < -0.3 is 15.1 Å². The molecule has 3 fully saturated rings. The second kappa shape index (κ2) is 5.59. The second-order valence-electron chi connectivity index (χ2n) is 7.09. The van der Waals surface area contributed by atoms with E-state index in [4.69, 9.17) is 0 Å². The van der Waals surface area contributed by atoms with Crippen LogP contribution in [0.2, 0.25) is 0 Å². The van der Waals surface area contributed by atoms with Crippen molar-refractivity contribution in [3.63, 3.8) is 0 Å². The molecule has 3 rings (SSSR count). The molecule has 2 aliphatic heterocycles. The predicted octanol–water partition coefficient (Wildman–Crippen LogP) is 0.845. The van der Waals surface area contributed by atoms with E-state index in [0.717, 1.165) is 51.9 Å². The number of piperidine rings is 1. The maximum absolute atomic E-state index is 12.8. The Morgan fingerprint density at radius 1 is 1.19 bits per heavy atom. The highest BCUT2D eigenvalue weighted by Gasteiger charge is 2.52. The molecule has 5 nitrogen and oxygen atoms in total. The Hall–Kier alpha value is -1.10. The van der Waals surface area contributed by atoms with Crippen molar-refractivity contribution in [3.05, 3.63) is 0 Å². The van der Waals surface area contributed by atoms with E-state index in [0.29, 0.717) is 11.8 Å². The summed E-state index contributed by atoms with van der Waals surface area (Å²) in [5, 5.41) is 2.95. The highest BCUT2D eigenvalue weighted by Crippen LogP contribution is 2.41. The molecule has 1 N–H and O–H groups in total. The summed E-state index contributed by atoms with van der Waals surface area (Å²) < 4.78 is 0. The third-order valence-electron chi connectivity index (χ3n) is 5.49. The van der Waals surface area contributed by atoms with Gasteiger partial charge in [-0.15, -0.1) is 0 Å². The van der Waals surface area contributed by atoms with Gasteiger partial charge in [0.2, 0.25) is 11.8 Å². The Morgan fingerprint density at radius 2 is 1.86 bits per heavy atom. The minimum Gasteiger partial charge on any atom is -0.340 e.